The van der Waals surface area contributed by atoms with Gasteiger partial charge < -0.3 is 9.64 Å². The molecule has 10 heteroatoms. The number of likely N-dealkylation sites (tertiary alicyclic amines) is 1. The van der Waals surface area contributed by atoms with E-state index in [9.17, 15) is 13.7 Å². The highest BCUT2D eigenvalue weighted by Gasteiger charge is 2.37. The van der Waals surface area contributed by atoms with Gasteiger partial charge in [0.15, 0.2) is 0 Å². The van der Waals surface area contributed by atoms with Gasteiger partial charge in [-0.2, -0.15) is 9.57 Å². The van der Waals surface area contributed by atoms with Gasteiger partial charge in [0.2, 0.25) is 10.0 Å². The smallest absolute Gasteiger partial charge is 0.211 e. The van der Waals surface area contributed by atoms with Crippen LogP contribution in [0.3, 0.4) is 0 Å². The molecule has 0 spiro atoms. The Balaban J connectivity index is 1.19. The number of pyridine rings is 1. The topological polar surface area (TPSA) is 93.0 Å². The Labute approximate surface area is 201 Å². The minimum Gasteiger partial charge on any atom is -0.370 e. The number of nitrogens with zero attached hydrogens (tertiary/aromatic N) is 6. The average Bonchev–Trinajstić information content (AvgIpc) is 2.79. The summed E-state index contributed by atoms with van der Waals surface area (Å²) in [4.78, 5) is 11.7. The fourth-order valence-electron chi connectivity index (χ4n) is 5.48. The van der Waals surface area contributed by atoms with E-state index in [4.69, 9.17) is 4.74 Å². The van der Waals surface area contributed by atoms with Gasteiger partial charge in [0.25, 0.3) is 0 Å². The van der Waals surface area contributed by atoms with E-state index < -0.39 is 10.0 Å². The van der Waals surface area contributed by atoms with Gasteiger partial charge in [0.05, 0.1) is 29.5 Å². The summed E-state index contributed by atoms with van der Waals surface area (Å²) in [5.74, 6) is 0. The predicted molar refractivity (Wildman–Crippen MR) is 131 cm³/mol. The van der Waals surface area contributed by atoms with Crippen molar-refractivity contribution in [1.82, 2.24) is 19.1 Å². The Kier molecular flexibility index (Phi) is 6.48. The number of fused-ring (bicyclic) bond motifs is 1. The fraction of sp³-hybridized carbons (Fsp3) is 0.583. The van der Waals surface area contributed by atoms with Gasteiger partial charge in [0.1, 0.15) is 6.07 Å². The second-order valence-corrected chi connectivity index (χ2v) is 11.7. The fourth-order valence-corrected chi connectivity index (χ4v) is 6.30. The van der Waals surface area contributed by atoms with Crippen molar-refractivity contribution < 1.29 is 13.2 Å². The van der Waals surface area contributed by atoms with Crippen molar-refractivity contribution in [1.29, 1.82) is 5.26 Å². The number of aromatic nitrogens is 1. The number of piperazine rings is 1. The number of morpholine rings is 1. The minimum atomic E-state index is -3.09. The Morgan fingerprint density at radius 2 is 1.88 bits per heavy atom. The molecule has 9 nitrogen and oxygen atoms in total. The molecule has 0 radical (unpaired) electrons. The number of hydrogen-bond acceptors (Lipinski definition) is 8. The number of nitriles is 1. The number of rotatable bonds is 5. The minimum absolute atomic E-state index is 0.106. The van der Waals surface area contributed by atoms with Gasteiger partial charge in [-0.3, -0.25) is 14.8 Å². The van der Waals surface area contributed by atoms with E-state index in [1.807, 2.05) is 24.3 Å². The Hall–Kier alpha value is -2.29. The molecule has 2 aromatic rings. The summed E-state index contributed by atoms with van der Waals surface area (Å²) in [6.07, 6.45) is 3.25. The van der Waals surface area contributed by atoms with Crippen molar-refractivity contribution in [2.45, 2.75) is 25.2 Å². The molecule has 1 aromatic heterocycles. The third-order valence-corrected chi connectivity index (χ3v) is 8.50. The van der Waals surface area contributed by atoms with Crippen LogP contribution < -0.4 is 4.90 Å². The lowest BCUT2D eigenvalue weighted by molar-refractivity contribution is -0.0597. The number of ether oxygens (including phenoxy) is 1. The molecule has 0 amide bonds. The Morgan fingerprint density at radius 1 is 1.12 bits per heavy atom. The molecule has 4 heterocycles. The Bertz CT molecular complexity index is 1180. The summed E-state index contributed by atoms with van der Waals surface area (Å²) in [7, 11) is -3.09. The van der Waals surface area contributed by atoms with Crippen molar-refractivity contribution in [3.05, 3.63) is 36.0 Å². The van der Waals surface area contributed by atoms with Crippen molar-refractivity contribution in [3.63, 3.8) is 0 Å². The molecular weight excluding hydrogens is 452 g/mol. The monoisotopic (exact) mass is 484 g/mol. The van der Waals surface area contributed by atoms with Crippen LogP contribution in [-0.2, 0) is 14.8 Å². The van der Waals surface area contributed by atoms with Gasteiger partial charge in [-0.05, 0) is 31.2 Å². The zero-order valence-electron chi connectivity index (χ0n) is 19.8. The van der Waals surface area contributed by atoms with Crippen LogP contribution in [0.1, 0.15) is 12.5 Å². The maximum absolute atomic E-state index is 11.7. The highest BCUT2D eigenvalue weighted by molar-refractivity contribution is 7.88. The third-order valence-electron chi connectivity index (χ3n) is 7.19. The molecule has 0 bridgehead atoms. The van der Waals surface area contributed by atoms with E-state index in [1.165, 1.54) is 6.26 Å². The first-order valence-electron chi connectivity index (χ1n) is 11.9. The van der Waals surface area contributed by atoms with Gasteiger partial charge in [-0.1, -0.05) is 0 Å². The van der Waals surface area contributed by atoms with Crippen molar-refractivity contribution in [2.24, 2.45) is 0 Å². The average molecular weight is 485 g/mol. The number of hydrogen-bond donors (Lipinski definition) is 0. The zero-order valence-corrected chi connectivity index (χ0v) is 20.6. The summed E-state index contributed by atoms with van der Waals surface area (Å²) in [5.41, 5.74) is 2.45. The number of sulfonamides is 1. The largest absolute Gasteiger partial charge is 0.370 e. The summed E-state index contributed by atoms with van der Waals surface area (Å²) >= 11 is 0. The van der Waals surface area contributed by atoms with E-state index in [2.05, 4.69) is 32.7 Å². The summed E-state index contributed by atoms with van der Waals surface area (Å²) in [6.45, 7) is 9.37. The third kappa shape index (κ3) is 4.76. The SMILES string of the molecule is C[C@@H]1CN(c2ccc(C#N)c3ncccc23)C[C@H](CN2CC(N3CCN(S(C)(=O)=O)CC3)C2)O1. The molecular formula is C24H32N6O3S. The first-order valence-corrected chi connectivity index (χ1v) is 13.8. The van der Waals surface area contributed by atoms with Crippen molar-refractivity contribution in [3.8, 4) is 6.07 Å². The highest BCUT2D eigenvalue weighted by atomic mass is 32.2. The molecule has 0 aliphatic carbocycles. The van der Waals surface area contributed by atoms with Crippen LogP contribution in [-0.4, -0.2) is 111 Å². The summed E-state index contributed by atoms with van der Waals surface area (Å²) < 4.78 is 31.4. The predicted octanol–water partition coefficient (Wildman–Crippen LogP) is 0.962. The molecule has 5 rings (SSSR count). The van der Waals surface area contributed by atoms with E-state index in [-0.39, 0.29) is 12.2 Å². The number of anilines is 1. The van der Waals surface area contributed by atoms with Gasteiger partial charge in [0, 0.05) is 82.2 Å². The Morgan fingerprint density at radius 3 is 2.59 bits per heavy atom. The standard InChI is InChI=1S/C24H32N6O3S/c1-18-13-29(23-6-5-19(12-25)24-22(23)4-3-7-26-24)17-21(33-18)16-27-14-20(15-27)28-8-10-30(11-9-28)34(2,31)32/h3-7,18,20-21H,8-11,13-17H2,1-2H3/t18-,21+/m1/s1. The quantitative estimate of drug-likeness (QED) is 0.620. The first kappa shape index (κ1) is 23.5. The zero-order chi connectivity index (χ0) is 23.9. The highest BCUT2D eigenvalue weighted by Crippen LogP contribution is 2.30. The number of benzene rings is 1. The molecule has 3 fully saturated rings. The van der Waals surface area contributed by atoms with E-state index in [0.29, 0.717) is 24.7 Å². The maximum atomic E-state index is 11.7. The van der Waals surface area contributed by atoms with Crippen LogP contribution in [0.25, 0.3) is 10.9 Å². The summed E-state index contributed by atoms with van der Waals surface area (Å²) in [5, 5.41) is 10.5. The molecule has 2 atom stereocenters. The van der Waals surface area contributed by atoms with Gasteiger partial charge in [-0.15, -0.1) is 0 Å². The van der Waals surface area contributed by atoms with E-state index >= 15 is 0 Å². The molecule has 3 saturated heterocycles. The van der Waals surface area contributed by atoms with Gasteiger partial charge >= 0.3 is 0 Å². The van der Waals surface area contributed by atoms with E-state index in [1.54, 1.807) is 10.5 Å². The molecule has 182 valence electrons. The molecule has 3 aliphatic heterocycles. The molecule has 3 aliphatic rings. The van der Waals surface area contributed by atoms with Crippen LogP contribution in [0.2, 0.25) is 0 Å². The van der Waals surface area contributed by atoms with Crippen LogP contribution in [0, 0.1) is 11.3 Å². The van der Waals surface area contributed by atoms with Crippen LogP contribution in [0.5, 0.6) is 0 Å². The normalized spacial score (nSPS) is 25.9. The lowest BCUT2D eigenvalue weighted by Gasteiger charge is -2.49. The second kappa shape index (κ2) is 9.40. The molecule has 0 N–H and O–H groups in total. The summed E-state index contributed by atoms with van der Waals surface area (Å²) in [6, 6.07) is 10.6. The molecule has 0 unspecified atom stereocenters. The van der Waals surface area contributed by atoms with Crippen molar-refractivity contribution >= 4 is 26.6 Å². The molecule has 34 heavy (non-hydrogen) atoms. The van der Waals surface area contributed by atoms with Gasteiger partial charge in [-0.25, -0.2) is 8.42 Å². The maximum Gasteiger partial charge on any atom is 0.211 e. The lowest BCUT2D eigenvalue weighted by Crippen LogP contribution is -2.65. The van der Waals surface area contributed by atoms with Crippen LogP contribution in [0.15, 0.2) is 30.5 Å². The lowest BCUT2D eigenvalue weighted by atomic mass is 10.0. The van der Waals surface area contributed by atoms with Crippen molar-refractivity contribution in [2.75, 3.05) is 70.1 Å². The first-order chi connectivity index (χ1) is 16.3. The van der Waals surface area contributed by atoms with Crippen LogP contribution in [0.4, 0.5) is 5.69 Å². The second-order valence-electron chi connectivity index (χ2n) is 9.69. The van der Waals surface area contributed by atoms with E-state index in [0.717, 1.165) is 62.4 Å². The van der Waals surface area contributed by atoms with Crippen LogP contribution >= 0.6 is 0 Å². The molecule has 1 aromatic carbocycles. The molecule has 0 saturated carbocycles.